The fourth-order valence-electron chi connectivity index (χ4n) is 7.92. The minimum absolute atomic E-state index is 0.923. The van der Waals surface area contributed by atoms with E-state index in [-0.39, 0.29) is 0 Å². The second-order valence-corrected chi connectivity index (χ2v) is 13.1. The van der Waals surface area contributed by atoms with Crippen LogP contribution in [0.4, 0.5) is 0 Å². The van der Waals surface area contributed by atoms with Gasteiger partial charge in [0.15, 0.2) is 0 Å². The molecule has 10 aromatic rings. The fraction of sp³-hybridized carbons (Fsp3) is 0. The highest BCUT2D eigenvalue weighted by molar-refractivity contribution is 6.23. The molecule has 2 nitrogen and oxygen atoms in total. The van der Waals surface area contributed by atoms with Gasteiger partial charge in [-0.2, -0.15) is 0 Å². The van der Waals surface area contributed by atoms with E-state index in [2.05, 4.69) is 199 Å². The van der Waals surface area contributed by atoms with Gasteiger partial charge in [-0.3, -0.25) is 4.57 Å². The van der Waals surface area contributed by atoms with Gasteiger partial charge in [0.1, 0.15) is 5.82 Å². The number of fused-ring (bicyclic) bond motifs is 4. The Balaban J connectivity index is 1.21. The van der Waals surface area contributed by atoms with Crippen molar-refractivity contribution in [2.45, 2.75) is 0 Å². The summed E-state index contributed by atoms with van der Waals surface area (Å²) in [6, 6.07) is 69.9. The van der Waals surface area contributed by atoms with Gasteiger partial charge >= 0.3 is 0 Å². The summed E-state index contributed by atoms with van der Waals surface area (Å²) in [5.74, 6) is 0.923. The highest BCUT2D eigenvalue weighted by Gasteiger charge is 2.20. The molecule has 2 heteroatoms. The number of aromatic nitrogens is 2. The van der Waals surface area contributed by atoms with Crippen LogP contribution in [0, 0.1) is 0 Å². The standard InChI is InChI=1S/C49H32N2/c1-2-15-33(16-3-1)35-19-12-21-37(31-35)49-50-45-29-10-11-30-46(45)51(49)38-22-13-20-36(32-38)47-41-24-6-8-26-43(41)48(44-27-9-7-25-42(44)47)40-28-14-18-34-17-4-5-23-39(34)40/h1-32H. The lowest BCUT2D eigenvalue weighted by Crippen LogP contribution is -1.99. The Bertz CT molecular complexity index is 2850. The summed E-state index contributed by atoms with van der Waals surface area (Å²) < 4.78 is 2.32. The average molecular weight is 649 g/mol. The first-order valence-corrected chi connectivity index (χ1v) is 17.5. The van der Waals surface area contributed by atoms with E-state index < -0.39 is 0 Å². The Morgan fingerprint density at radius 3 is 1.69 bits per heavy atom. The van der Waals surface area contributed by atoms with E-state index in [1.165, 1.54) is 65.7 Å². The summed E-state index contributed by atoms with van der Waals surface area (Å²) in [4.78, 5) is 5.23. The molecule has 0 radical (unpaired) electrons. The van der Waals surface area contributed by atoms with Gasteiger partial charge in [0.25, 0.3) is 0 Å². The van der Waals surface area contributed by atoms with Gasteiger partial charge in [-0.05, 0) is 96.0 Å². The molecule has 0 unspecified atom stereocenters. The van der Waals surface area contributed by atoms with Crippen molar-refractivity contribution in [3.8, 4) is 50.5 Å². The lowest BCUT2D eigenvalue weighted by atomic mass is 9.84. The van der Waals surface area contributed by atoms with Gasteiger partial charge in [-0.25, -0.2) is 4.98 Å². The third kappa shape index (κ3) is 4.84. The van der Waals surface area contributed by atoms with Crippen molar-refractivity contribution in [3.05, 3.63) is 194 Å². The molecule has 9 aromatic carbocycles. The van der Waals surface area contributed by atoms with Crippen LogP contribution in [0.5, 0.6) is 0 Å². The number of para-hydroxylation sites is 2. The zero-order chi connectivity index (χ0) is 33.7. The smallest absolute Gasteiger partial charge is 0.145 e. The molecular formula is C49H32N2. The lowest BCUT2D eigenvalue weighted by molar-refractivity contribution is 1.10. The van der Waals surface area contributed by atoms with Crippen molar-refractivity contribution in [3.63, 3.8) is 0 Å². The topological polar surface area (TPSA) is 17.8 Å². The third-order valence-corrected chi connectivity index (χ3v) is 10.2. The molecule has 0 N–H and O–H groups in total. The number of hydrogen-bond acceptors (Lipinski definition) is 1. The van der Waals surface area contributed by atoms with Gasteiger partial charge in [-0.15, -0.1) is 0 Å². The molecule has 0 aliphatic heterocycles. The number of hydrogen-bond donors (Lipinski definition) is 0. The first-order valence-electron chi connectivity index (χ1n) is 17.5. The van der Waals surface area contributed by atoms with Crippen molar-refractivity contribution in [1.82, 2.24) is 9.55 Å². The quantitative estimate of drug-likeness (QED) is 0.170. The largest absolute Gasteiger partial charge is 0.292 e. The number of rotatable bonds is 5. The van der Waals surface area contributed by atoms with Gasteiger partial charge in [-0.1, -0.05) is 164 Å². The molecule has 1 aromatic heterocycles. The molecule has 0 spiro atoms. The van der Waals surface area contributed by atoms with Crippen molar-refractivity contribution < 1.29 is 0 Å². The molecule has 51 heavy (non-hydrogen) atoms. The minimum Gasteiger partial charge on any atom is -0.292 e. The molecule has 0 atom stereocenters. The Morgan fingerprint density at radius 1 is 0.353 bits per heavy atom. The molecule has 238 valence electrons. The second-order valence-electron chi connectivity index (χ2n) is 13.1. The van der Waals surface area contributed by atoms with Crippen LogP contribution in [0.2, 0.25) is 0 Å². The van der Waals surface area contributed by atoms with Crippen molar-refractivity contribution in [1.29, 1.82) is 0 Å². The van der Waals surface area contributed by atoms with E-state index in [0.29, 0.717) is 0 Å². The van der Waals surface area contributed by atoms with Gasteiger partial charge in [0, 0.05) is 11.3 Å². The van der Waals surface area contributed by atoms with E-state index in [0.717, 1.165) is 28.1 Å². The maximum Gasteiger partial charge on any atom is 0.145 e. The molecule has 0 saturated heterocycles. The molecule has 0 saturated carbocycles. The molecular weight excluding hydrogens is 617 g/mol. The monoisotopic (exact) mass is 648 g/mol. The van der Waals surface area contributed by atoms with E-state index in [4.69, 9.17) is 4.98 Å². The Hall–Kier alpha value is -6.77. The van der Waals surface area contributed by atoms with E-state index in [9.17, 15) is 0 Å². The highest BCUT2D eigenvalue weighted by Crippen LogP contribution is 2.45. The predicted octanol–water partition coefficient (Wildman–Crippen LogP) is 13.2. The SMILES string of the molecule is c1ccc(-c2cccc(-c3nc4ccccc4n3-c3cccc(-c4c5ccccc5c(-c5cccc6ccccc56)c5ccccc45)c3)c2)cc1. The van der Waals surface area contributed by atoms with E-state index >= 15 is 0 Å². The van der Waals surface area contributed by atoms with Gasteiger partial charge in [0.05, 0.1) is 11.0 Å². The van der Waals surface area contributed by atoms with E-state index in [1.807, 2.05) is 0 Å². The Kier molecular flexibility index (Phi) is 6.85. The summed E-state index contributed by atoms with van der Waals surface area (Å²) >= 11 is 0. The van der Waals surface area contributed by atoms with Crippen LogP contribution < -0.4 is 0 Å². The van der Waals surface area contributed by atoms with Crippen LogP contribution in [0.1, 0.15) is 0 Å². The molecule has 1 heterocycles. The Morgan fingerprint density at radius 2 is 0.902 bits per heavy atom. The van der Waals surface area contributed by atoms with Crippen molar-refractivity contribution in [2.24, 2.45) is 0 Å². The zero-order valence-electron chi connectivity index (χ0n) is 27.9. The van der Waals surface area contributed by atoms with Crippen molar-refractivity contribution in [2.75, 3.05) is 0 Å². The fourth-order valence-corrected chi connectivity index (χ4v) is 7.92. The first-order chi connectivity index (χ1) is 25.3. The summed E-state index contributed by atoms with van der Waals surface area (Å²) in [6.07, 6.45) is 0. The maximum atomic E-state index is 5.23. The lowest BCUT2D eigenvalue weighted by Gasteiger charge is -2.19. The molecule has 0 amide bonds. The molecule has 0 bridgehead atoms. The summed E-state index contributed by atoms with van der Waals surface area (Å²) in [7, 11) is 0. The highest BCUT2D eigenvalue weighted by atomic mass is 15.1. The van der Waals surface area contributed by atoms with E-state index in [1.54, 1.807) is 0 Å². The number of nitrogens with zero attached hydrogens (tertiary/aromatic N) is 2. The minimum atomic E-state index is 0.923. The Labute approximate surface area is 296 Å². The molecule has 10 rings (SSSR count). The number of benzene rings is 9. The molecule has 0 fully saturated rings. The maximum absolute atomic E-state index is 5.23. The van der Waals surface area contributed by atoms with Crippen LogP contribution >= 0.6 is 0 Å². The summed E-state index contributed by atoms with van der Waals surface area (Å²) in [5.41, 5.74) is 11.5. The normalized spacial score (nSPS) is 11.5. The predicted molar refractivity (Wildman–Crippen MR) is 215 cm³/mol. The van der Waals surface area contributed by atoms with Gasteiger partial charge < -0.3 is 0 Å². The number of imidazole rings is 1. The van der Waals surface area contributed by atoms with Crippen LogP contribution in [0.3, 0.4) is 0 Å². The first kappa shape index (κ1) is 29.2. The van der Waals surface area contributed by atoms with Crippen LogP contribution in [-0.2, 0) is 0 Å². The van der Waals surface area contributed by atoms with Crippen molar-refractivity contribution >= 4 is 43.4 Å². The zero-order valence-corrected chi connectivity index (χ0v) is 27.9. The van der Waals surface area contributed by atoms with Gasteiger partial charge in [0.2, 0.25) is 0 Å². The van der Waals surface area contributed by atoms with Crippen LogP contribution in [-0.4, -0.2) is 9.55 Å². The van der Waals surface area contributed by atoms with Crippen LogP contribution in [0.25, 0.3) is 93.8 Å². The third-order valence-electron chi connectivity index (χ3n) is 10.2. The van der Waals surface area contributed by atoms with Crippen LogP contribution in [0.15, 0.2) is 194 Å². The molecule has 0 aliphatic carbocycles. The average Bonchev–Trinajstić information content (AvgIpc) is 3.60. The molecule has 0 aliphatic rings. The summed E-state index contributed by atoms with van der Waals surface area (Å²) in [6.45, 7) is 0. The summed E-state index contributed by atoms with van der Waals surface area (Å²) in [5, 5.41) is 7.49. The second kappa shape index (κ2) is 12.0.